The van der Waals surface area contributed by atoms with Gasteiger partial charge < -0.3 is 9.47 Å². The zero-order chi connectivity index (χ0) is 15.1. The Morgan fingerprint density at radius 3 is 1.76 bits per heavy atom. The highest BCUT2D eigenvalue weighted by atomic mass is 16.5. The quantitative estimate of drug-likeness (QED) is 0.753. The van der Waals surface area contributed by atoms with Crippen molar-refractivity contribution in [1.82, 2.24) is 0 Å². The molecule has 0 N–H and O–H groups in total. The van der Waals surface area contributed by atoms with Crippen molar-refractivity contribution in [3.8, 4) is 0 Å². The van der Waals surface area contributed by atoms with Gasteiger partial charge in [-0.1, -0.05) is 27.7 Å². The van der Waals surface area contributed by atoms with Gasteiger partial charge in [0.25, 0.3) is 0 Å². The van der Waals surface area contributed by atoms with Gasteiger partial charge in [0.15, 0.2) is 0 Å². The van der Waals surface area contributed by atoms with Crippen molar-refractivity contribution in [1.29, 1.82) is 0 Å². The molecule has 122 valence electrons. The summed E-state index contributed by atoms with van der Waals surface area (Å²) in [5.41, 5.74) is 1.48. The molecule has 3 aliphatic rings. The van der Waals surface area contributed by atoms with Gasteiger partial charge in [-0.15, -0.1) is 0 Å². The minimum absolute atomic E-state index is 0.411. The molecular weight excluding hydrogens is 260 g/mol. The summed E-state index contributed by atoms with van der Waals surface area (Å²) in [6, 6.07) is 0. The van der Waals surface area contributed by atoms with Crippen LogP contribution in [0.2, 0.25) is 0 Å². The normalized spacial score (nSPS) is 28.6. The van der Waals surface area contributed by atoms with E-state index in [0.29, 0.717) is 16.2 Å². The molecule has 21 heavy (non-hydrogen) atoms. The van der Waals surface area contributed by atoms with Crippen molar-refractivity contribution >= 4 is 0 Å². The summed E-state index contributed by atoms with van der Waals surface area (Å²) in [6.07, 6.45) is 7.99. The summed E-state index contributed by atoms with van der Waals surface area (Å²) in [5, 5.41) is 0. The summed E-state index contributed by atoms with van der Waals surface area (Å²) >= 11 is 0. The molecule has 2 aliphatic heterocycles. The van der Waals surface area contributed by atoms with Crippen LogP contribution < -0.4 is 0 Å². The third-order valence-electron chi connectivity index (χ3n) is 7.84. The second-order valence-corrected chi connectivity index (χ2v) is 9.05. The molecule has 0 amide bonds. The van der Waals surface area contributed by atoms with E-state index in [1.54, 1.807) is 0 Å². The Labute approximate surface area is 131 Å². The Balaban J connectivity index is 1.66. The topological polar surface area (TPSA) is 18.5 Å². The summed E-state index contributed by atoms with van der Waals surface area (Å²) in [4.78, 5) is 0. The van der Waals surface area contributed by atoms with Gasteiger partial charge in [-0.25, -0.2) is 0 Å². The predicted octanol–water partition coefficient (Wildman–Crippen LogP) is 4.67. The average Bonchev–Trinajstić information content (AvgIpc) is 2.46. The highest BCUT2D eigenvalue weighted by molar-refractivity contribution is 5.05. The average molecular weight is 294 g/mol. The molecule has 0 atom stereocenters. The van der Waals surface area contributed by atoms with Gasteiger partial charge in [-0.05, 0) is 66.6 Å². The van der Waals surface area contributed by atoms with Gasteiger partial charge in [-0.3, -0.25) is 0 Å². The van der Waals surface area contributed by atoms with E-state index >= 15 is 0 Å². The van der Waals surface area contributed by atoms with Crippen LogP contribution in [-0.2, 0) is 9.47 Å². The molecule has 3 rings (SSSR count). The van der Waals surface area contributed by atoms with E-state index in [1.165, 1.54) is 38.5 Å². The first kappa shape index (κ1) is 15.8. The number of ether oxygens (including phenoxy) is 2. The first-order valence-electron chi connectivity index (χ1n) is 9.03. The molecular formula is C19H34O2. The molecule has 1 spiro atoms. The molecule has 0 aromatic heterocycles. The van der Waals surface area contributed by atoms with Crippen LogP contribution in [-0.4, -0.2) is 26.4 Å². The Hall–Kier alpha value is -0.0800. The monoisotopic (exact) mass is 294 g/mol. The molecule has 0 radical (unpaired) electrons. The number of rotatable bonds is 3. The van der Waals surface area contributed by atoms with E-state index in [2.05, 4.69) is 27.7 Å². The van der Waals surface area contributed by atoms with E-state index < -0.39 is 0 Å². The highest BCUT2D eigenvalue weighted by Crippen LogP contribution is 2.63. The van der Waals surface area contributed by atoms with E-state index in [9.17, 15) is 0 Å². The predicted molar refractivity (Wildman–Crippen MR) is 86.3 cm³/mol. The molecule has 0 aromatic rings. The minimum Gasteiger partial charge on any atom is -0.381 e. The van der Waals surface area contributed by atoms with Crippen molar-refractivity contribution < 1.29 is 9.47 Å². The van der Waals surface area contributed by atoms with Crippen LogP contribution in [0, 0.1) is 28.1 Å². The lowest BCUT2D eigenvalue weighted by atomic mass is 9.45. The maximum absolute atomic E-state index is 5.58. The van der Waals surface area contributed by atoms with Crippen LogP contribution in [0.1, 0.15) is 66.2 Å². The molecule has 2 saturated heterocycles. The van der Waals surface area contributed by atoms with E-state index in [0.717, 1.165) is 38.3 Å². The summed E-state index contributed by atoms with van der Waals surface area (Å²) in [7, 11) is 0. The fourth-order valence-corrected chi connectivity index (χ4v) is 5.18. The van der Waals surface area contributed by atoms with Crippen molar-refractivity contribution in [2.45, 2.75) is 66.2 Å². The van der Waals surface area contributed by atoms with Crippen molar-refractivity contribution in [2.24, 2.45) is 28.1 Å². The lowest BCUT2D eigenvalue weighted by Gasteiger charge is -2.61. The zero-order valence-corrected chi connectivity index (χ0v) is 14.5. The van der Waals surface area contributed by atoms with Gasteiger partial charge in [-0.2, -0.15) is 0 Å². The molecule has 0 bridgehead atoms. The lowest BCUT2D eigenvalue weighted by molar-refractivity contribution is -0.141. The smallest absolute Gasteiger partial charge is 0.0471 e. The largest absolute Gasteiger partial charge is 0.381 e. The Kier molecular flexibility index (Phi) is 4.16. The third-order valence-corrected chi connectivity index (χ3v) is 7.84. The molecule has 2 nitrogen and oxygen atoms in total. The van der Waals surface area contributed by atoms with Gasteiger partial charge >= 0.3 is 0 Å². The van der Waals surface area contributed by atoms with Gasteiger partial charge in [0.1, 0.15) is 0 Å². The molecule has 2 heterocycles. The number of hydrogen-bond acceptors (Lipinski definition) is 2. The van der Waals surface area contributed by atoms with Gasteiger partial charge in [0, 0.05) is 26.4 Å². The molecule has 1 saturated carbocycles. The van der Waals surface area contributed by atoms with Crippen LogP contribution in [0.25, 0.3) is 0 Å². The standard InChI is InChI=1S/C19H34O2/c1-17(2,15-5-9-20-10-6-15)18(3,4)16-13-19(14-16)7-11-21-12-8-19/h15-16H,5-14H2,1-4H3. The summed E-state index contributed by atoms with van der Waals surface area (Å²) in [6.45, 7) is 14.1. The summed E-state index contributed by atoms with van der Waals surface area (Å²) < 4.78 is 11.2. The Bertz CT molecular complexity index is 352. The Morgan fingerprint density at radius 2 is 1.19 bits per heavy atom. The maximum atomic E-state index is 5.58. The van der Waals surface area contributed by atoms with E-state index in [4.69, 9.17) is 9.47 Å². The first-order chi connectivity index (χ1) is 9.87. The zero-order valence-electron chi connectivity index (χ0n) is 14.5. The molecule has 2 heteroatoms. The SMILES string of the molecule is CC(C)(C1CCOCC1)C(C)(C)C1CC2(CCOCC2)C1. The van der Waals surface area contributed by atoms with Crippen LogP contribution >= 0.6 is 0 Å². The van der Waals surface area contributed by atoms with Gasteiger partial charge in [0.05, 0.1) is 0 Å². The highest BCUT2D eigenvalue weighted by Gasteiger charge is 2.55. The van der Waals surface area contributed by atoms with Crippen LogP contribution in [0.3, 0.4) is 0 Å². The van der Waals surface area contributed by atoms with Crippen molar-refractivity contribution in [3.63, 3.8) is 0 Å². The molecule has 1 aliphatic carbocycles. The third kappa shape index (κ3) is 2.67. The fourth-order valence-electron chi connectivity index (χ4n) is 5.18. The van der Waals surface area contributed by atoms with Crippen LogP contribution in [0.5, 0.6) is 0 Å². The summed E-state index contributed by atoms with van der Waals surface area (Å²) in [5.74, 6) is 1.72. The minimum atomic E-state index is 0.411. The molecule has 0 aromatic carbocycles. The first-order valence-corrected chi connectivity index (χ1v) is 9.03. The molecule has 3 fully saturated rings. The molecule has 0 unspecified atom stereocenters. The maximum Gasteiger partial charge on any atom is 0.0471 e. The number of hydrogen-bond donors (Lipinski definition) is 0. The fraction of sp³-hybridized carbons (Fsp3) is 1.00. The van der Waals surface area contributed by atoms with Crippen molar-refractivity contribution in [2.75, 3.05) is 26.4 Å². The lowest BCUT2D eigenvalue weighted by Crippen LogP contribution is -2.53. The van der Waals surface area contributed by atoms with E-state index in [-0.39, 0.29) is 0 Å². The van der Waals surface area contributed by atoms with E-state index in [1.807, 2.05) is 0 Å². The second-order valence-electron chi connectivity index (χ2n) is 9.05. The van der Waals surface area contributed by atoms with Crippen LogP contribution in [0.15, 0.2) is 0 Å². The van der Waals surface area contributed by atoms with Crippen LogP contribution in [0.4, 0.5) is 0 Å². The van der Waals surface area contributed by atoms with Gasteiger partial charge in [0.2, 0.25) is 0 Å². The second kappa shape index (κ2) is 5.53. The Morgan fingerprint density at radius 1 is 0.714 bits per heavy atom. The van der Waals surface area contributed by atoms with Crippen molar-refractivity contribution in [3.05, 3.63) is 0 Å².